The van der Waals surface area contributed by atoms with Crippen LogP contribution in [-0.4, -0.2) is 28.8 Å². The van der Waals surface area contributed by atoms with E-state index in [1.165, 1.54) is 0 Å². The summed E-state index contributed by atoms with van der Waals surface area (Å²) in [6, 6.07) is 21.3. The molecule has 3 aromatic carbocycles. The van der Waals surface area contributed by atoms with Crippen LogP contribution in [0.5, 0.6) is 0 Å². The van der Waals surface area contributed by atoms with E-state index in [0.717, 1.165) is 17.5 Å². The number of hydrogen-bond donors (Lipinski definition) is 1. The minimum atomic E-state index is -0.708. The Bertz CT molecular complexity index is 1140. The summed E-state index contributed by atoms with van der Waals surface area (Å²) in [7, 11) is 0. The van der Waals surface area contributed by atoms with Crippen LogP contribution in [0, 0.1) is 0 Å². The predicted molar refractivity (Wildman–Crippen MR) is 144 cm³/mol. The lowest BCUT2D eigenvalue weighted by Gasteiger charge is -2.32. The van der Waals surface area contributed by atoms with E-state index in [2.05, 4.69) is 5.32 Å². The Hall–Kier alpha value is -2.53. The Morgan fingerprint density at radius 1 is 0.886 bits per heavy atom. The van der Waals surface area contributed by atoms with Gasteiger partial charge in [0, 0.05) is 34.1 Å². The fraction of sp³-hybridized carbons (Fsp3) is 0.286. The number of carbonyl (C=O) groups excluding carboxylic acids is 2. The SMILES string of the molecule is CCC(C)NC(=O)C(Cc1ccccc1)N(Cc1ccc(Cl)cc1)C(=O)Cc1ccc(Cl)cc1Cl. The summed E-state index contributed by atoms with van der Waals surface area (Å²) >= 11 is 18.5. The maximum Gasteiger partial charge on any atom is 0.243 e. The van der Waals surface area contributed by atoms with Crippen LogP contribution in [0.15, 0.2) is 72.8 Å². The molecule has 0 bridgehead atoms. The van der Waals surface area contributed by atoms with Crippen LogP contribution >= 0.6 is 34.8 Å². The van der Waals surface area contributed by atoms with E-state index in [9.17, 15) is 9.59 Å². The summed E-state index contributed by atoms with van der Waals surface area (Å²) < 4.78 is 0. The molecule has 2 atom stereocenters. The van der Waals surface area contributed by atoms with Crippen molar-refractivity contribution in [2.45, 2.75) is 51.7 Å². The zero-order valence-electron chi connectivity index (χ0n) is 19.8. The number of nitrogens with one attached hydrogen (secondary N) is 1. The Morgan fingerprint density at radius 2 is 1.54 bits per heavy atom. The van der Waals surface area contributed by atoms with Gasteiger partial charge in [0.05, 0.1) is 6.42 Å². The van der Waals surface area contributed by atoms with Gasteiger partial charge >= 0.3 is 0 Å². The van der Waals surface area contributed by atoms with E-state index < -0.39 is 6.04 Å². The maximum atomic E-state index is 13.7. The van der Waals surface area contributed by atoms with Gasteiger partial charge in [-0.1, -0.05) is 90.3 Å². The first-order valence-corrected chi connectivity index (χ1v) is 12.7. The number of nitrogens with zero attached hydrogens (tertiary/aromatic N) is 1. The Morgan fingerprint density at radius 3 is 2.17 bits per heavy atom. The van der Waals surface area contributed by atoms with Crippen molar-refractivity contribution >= 4 is 46.6 Å². The van der Waals surface area contributed by atoms with Crippen LogP contribution in [0.3, 0.4) is 0 Å². The molecule has 2 unspecified atom stereocenters. The van der Waals surface area contributed by atoms with Gasteiger partial charge in [-0.3, -0.25) is 9.59 Å². The highest BCUT2D eigenvalue weighted by atomic mass is 35.5. The highest BCUT2D eigenvalue weighted by molar-refractivity contribution is 6.35. The largest absolute Gasteiger partial charge is 0.352 e. The monoisotopic (exact) mass is 530 g/mol. The quantitative estimate of drug-likeness (QED) is 0.315. The fourth-order valence-electron chi connectivity index (χ4n) is 3.71. The number of rotatable bonds is 10. The molecule has 0 saturated heterocycles. The van der Waals surface area contributed by atoms with Crippen molar-refractivity contribution in [1.29, 1.82) is 0 Å². The molecule has 0 aliphatic heterocycles. The smallest absolute Gasteiger partial charge is 0.243 e. The van der Waals surface area contributed by atoms with Gasteiger partial charge in [0.15, 0.2) is 0 Å². The average molecular weight is 532 g/mol. The summed E-state index contributed by atoms with van der Waals surface area (Å²) in [6.45, 7) is 4.22. The molecular weight excluding hydrogens is 503 g/mol. The van der Waals surface area contributed by atoms with Crippen molar-refractivity contribution in [3.63, 3.8) is 0 Å². The number of amides is 2. The molecule has 3 aromatic rings. The average Bonchev–Trinajstić information content (AvgIpc) is 2.84. The van der Waals surface area contributed by atoms with Gasteiger partial charge in [0.1, 0.15) is 6.04 Å². The molecule has 3 rings (SSSR count). The third-order valence-corrected chi connectivity index (χ3v) is 6.73. The molecule has 0 aromatic heterocycles. The first kappa shape index (κ1) is 27.1. The van der Waals surface area contributed by atoms with Crippen LogP contribution in [0.1, 0.15) is 37.0 Å². The molecule has 7 heteroatoms. The molecule has 0 saturated carbocycles. The zero-order chi connectivity index (χ0) is 25.4. The number of carbonyl (C=O) groups is 2. The summed E-state index contributed by atoms with van der Waals surface area (Å²) in [6.07, 6.45) is 1.22. The third-order valence-electron chi connectivity index (χ3n) is 5.90. The van der Waals surface area contributed by atoms with Crippen LogP contribution < -0.4 is 5.32 Å². The Kier molecular flexibility index (Phi) is 10.0. The van der Waals surface area contributed by atoms with E-state index in [1.54, 1.807) is 35.2 Å². The second-order valence-corrected chi connectivity index (χ2v) is 9.86. The van der Waals surface area contributed by atoms with Crippen LogP contribution in [0.25, 0.3) is 0 Å². The highest BCUT2D eigenvalue weighted by Gasteiger charge is 2.31. The van der Waals surface area contributed by atoms with E-state index >= 15 is 0 Å². The van der Waals surface area contributed by atoms with Crippen molar-refractivity contribution < 1.29 is 9.59 Å². The predicted octanol–water partition coefficient (Wildman–Crippen LogP) is 6.74. The minimum absolute atomic E-state index is 0.0148. The van der Waals surface area contributed by atoms with Crippen LogP contribution in [-0.2, 0) is 29.0 Å². The fourth-order valence-corrected chi connectivity index (χ4v) is 4.31. The van der Waals surface area contributed by atoms with E-state index in [0.29, 0.717) is 27.1 Å². The number of halogens is 3. The summed E-state index contributed by atoms with van der Waals surface area (Å²) in [5, 5.41) is 4.59. The van der Waals surface area contributed by atoms with E-state index in [-0.39, 0.29) is 30.8 Å². The van der Waals surface area contributed by atoms with Gasteiger partial charge in [-0.2, -0.15) is 0 Å². The normalized spacial score (nSPS) is 12.6. The molecule has 0 fully saturated rings. The molecule has 4 nitrogen and oxygen atoms in total. The second kappa shape index (κ2) is 13.0. The number of hydrogen-bond acceptors (Lipinski definition) is 2. The van der Waals surface area contributed by atoms with Gasteiger partial charge in [0.25, 0.3) is 0 Å². The molecule has 0 heterocycles. The summed E-state index contributed by atoms with van der Waals surface area (Å²) in [5.74, 6) is -0.392. The van der Waals surface area contributed by atoms with E-state index in [1.807, 2.05) is 56.3 Å². The molecule has 2 amide bonds. The standard InChI is InChI=1S/C28H29Cl3N2O2/c1-3-19(2)32-28(35)26(15-20-7-5-4-6-8-20)33(18-21-9-12-23(29)13-10-21)27(34)16-22-11-14-24(30)17-25(22)31/h4-14,17,19,26H,3,15-16,18H2,1-2H3,(H,32,35). The topological polar surface area (TPSA) is 49.4 Å². The molecule has 0 aliphatic carbocycles. The second-order valence-electron chi connectivity index (χ2n) is 8.58. The summed E-state index contributed by atoms with van der Waals surface area (Å²) in [5.41, 5.74) is 2.50. The van der Waals surface area contributed by atoms with Gasteiger partial charge in [-0.15, -0.1) is 0 Å². The van der Waals surface area contributed by atoms with Gasteiger partial charge in [-0.25, -0.2) is 0 Å². The minimum Gasteiger partial charge on any atom is -0.352 e. The van der Waals surface area contributed by atoms with Gasteiger partial charge in [0.2, 0.25) is 11.8 Å². The van der Waals surface area contributed by atoms with Gasteiger partial charge < -0.3 is 10.2 Å². The van der Waals surface area contributed by atoms with Crippen molar-refractivity contribution in [3.05, 3.63) is 105 Å². The maximum absolute atomic E-state index is 13.7. The molecule has 0 radical (unpaired) electrons. The van der Waals surface area contributed by atoms with Crippen LogP contribution in [0.2, 0.25) is 15.1 Å². The lowest BCUT2D eigenvalue weighted by Crippen LogP contribution is -2.52. The van der Waals surface area contributed by atoms with E-state index in [4.69, 9.17) is 34.8 Å². The Labute approximate surface area is 222 Å². The van der Waals surface area contributed by atoms with Crippen molar-refractivity contribution in [3.8, 4) is 0 Å². The lowest BCUT2D eigenvalue weighted by molar-refractivity contribution is -0.141. The van der Waals surface area contributed by atoms with Crippen molar-refractivity contribution in [2.75, 3.05) is 0 Å². The van der Waals surface area contributed by atoms with Crippen molar-refractivity contribution in [1.82, 2.24) is 10.2 Å². The molecule has 184 valence electrons. The molecule has 0 spiro atoms. The molecule has 0 aliphatic rings. The van der Waals surface area contributed by atoms with Gasteiger partial charge in [-0.05, 0) is 54.3 Å². The molecule has 35 heavy (non-hydrogen) atoms. The van der Waals surface area contributed by atoms with Crippen LogP contribution in [0.4, 0.5) is 0 Å². The molecular formula is C28H29Cl3N2O2. The molecule has 1 N–H and O–H groups in total. The number of benzene rings is 3. The third kappa shape index (κ3) is 7.99. The zero-order valence-corrected chi connectivity index (χ0v) is 22.1. The first-order chi connectivity index (χ1) is 16.8. The Balaban J connectivity index is 1.98. The summed E-state index contributed by atoms with van der Waals surface area (Å²) in [4.78, 5) is 28.9. The first-order valence-electron chi connectivity index (χ1n) is 11.6. The van der Waals surface area contributed by atoms with Crippen molar-refractivity contribution in [2.24, 2.45) is 0 Å². The highest BCUT2D eigenvalue weighted by Crippen LogP contribution is 2.24. The lowest BCUT2D eigenvalue weighted by atomic mass is 10.0.